The van der Waals surface area contributed by atoms with Crippen LogP contribution < -0.4 is 4.80 Å². The second-order valence-corrected chi connectivity index (χ2v) is 6.83. The Bertz CT molecular complexity index is 1000. The Morgan fingerprint density at radius 2 is 2.00 bits per heavy atom. The smallest absolute Gasteiger partial charge is 0.279 e. The first-order valence-corrected chi connectivity index (χ1v) is 8.50. The summed E-state index contributed by atoms with van der Waals surface area (Å²) in [4.78, 5) is 16.9. The van der Waals surface area contributed by atoms with Gasteiger partial charge in [-0.1, -0.05) is 46.7 Å². The van der Waals surface area contributed by atoms with E-state index in [0.717, 1.165) is 0 Å². The standard InChI is InChI=1S/C17H11Cl2FN2OS/c1-2-6-22-15-13(20)4-3-5-14(15)24-17(22)21-16(23)10-7-11(18)9-12(19)8-10/h2-5,7-9H,1,6H2. The summed E-state index contributed by atoms with van der Waals surface area (Å²) in [5.41, 5.74) is 0.675. The summed E-state index contributed by atoms with van der Waals surface area (Å²) < 4.78 is 16.5. The zero-order valence-corrected chi connectivity index (χ0v) is 14.6. The predicted molar refractivity (Wildman–Crippen MR) is 96.3 cm³/mol. The van der Waals surface area contributed by atoms with E-state index in [9.17, 15) is 9.18 Å². The highest BCUT2D eigenvalue weighted by Crippen LogP contribution is 2.22. The fourth-order valence-corrected chi connectivity index (χ4v) is 3.88. The Balaban J connectivity index is 2.19. The molecule has 0 aliphatic carbocycles. The minimum absolute atomic E-state index is 0.274. The summed E-state index contributed by atoms with van der Waals surface area (Å²) >= 11 is 13.1. The molecule has 0 saturated heterocycles. The van der Waals surface area contributed by atoms with E-state index in [2.05, 4.69) is 11.6 Å². The van der Waals surface area contributed by atoms with Crippen LogP contribution in [-0.4, -0.2) is 10.5 Å². The molecule has 122 valence electrons. The molecule has 0 radical (unpaired) electrons. The molecular formula is C17H11Cl2FN2OS. The van der Waals surface area contributed by atoms with Gasteiger partial charge in [0, 0.05) is 22.2 Å². The van der Waals surface area contributed by atoms with E-state index in [1.54, 1.807) is 22.8 Å². The average molecular weight is 381 g/mol. The lowest BCUT2D eigenvalue weighted by atomic mass is 10.2. The van der Waals surface area contributed by atoms with Crippen molar-refractivity contribution >= 4 is 50.7 Å². The lowest BCUT2D eigenvalue weighted by Crippen LogP contribution is -2.16. The first kappa shape index (κ1) is 16.9. The molecule has 0 bridgehead atoms. The number of aromatic nitrogens is 1. The minimum atomic E-state index is -0.496. The molecule has 3 rings (SSSR count). The molecule has 0 aliphatic rings. The van der Waals surface area contributed by atoms with Gasteiger partial charge in [-0.05, 0) is 30.3 Å². The van der Waals surface area contributed by atoms with Crippen molar-refractivity contribution in [1.82, 2.24) is 4.57 Å². The SMILES string of the molecule is C=CCn1c(=NC(=O)c2cc(Cl)cc(Cl)c2)sc2cccc(F)c21. The van der Waals surface area contributed by atoms with Crippen molar-refractivity contribution in [2.75, 3.05) is 0 Å². The van der Waals surface area contributed by atoms with Gasteiger partial charge in [-0.15, -0.1) is 6.58 Å². The number of thiazole rings is 1. The van der Waals surface area contributed by atoms with Gasteiger partial charge >= 0.3 is 0 Å². The second-order valence-electron chi connectivity index (χ2n) is 4.95. The topological polar surface area (TPSA) is 34.4 Å². The first-order chi connectivity index (χ1) is 11.5. The Morgan fingerprint density at radius 3 is 2.67 bits per heavy atom. The Morgan fingerprint density at radius 1 is 1.29 bits per heavy atom. The molecule has 2 aromatic carbocycles. The molecule has 0 spiro atoms. The van der Waals surface area contributed by atoms with Crippen molar-refractivity contribution in [1.29, 1.82) is 0 Å². The van der Waals surface area contributed by atoms with Gasteiger partial charge < -0.3 is 4.57 Å². The molecule has 0 fully saturated rings. The van der Waals surface area contributed by atoms with Crippen molar-refractivity contribution in [3.05, 3.63) is 75.3 Å². The molecule has 0 unspecified atom stereocenters. The van der Waals surface area contributed by atoms with Gasteiger partial charge in [0.2, 0.25) is 0 Å². The molecule has 3 aromatic rings. The average Bonchev–Trinajstić information content (AvgIpc) is 2.85. The van der Waals surface area contributed by atoms with Gasteiger partial charge in [0.05, 0.1) is 10.2 Å². The third-order valence-electron chi connectivity index (χ3n) is 3.27. The van der Waals surface area contributed by atoms with Crippen molar-refractivity contribution < 1.29 is 9.18 Å². The largest absolute Gasteiger partial charge is 0.310 e. The number of carbonyl (C=O) groups is 1. The Labute approximate surface area is 151 Å². The van der Waals surface area contributed by atoms with E-state index >= 15 is 0 Å². The second kappa shape index (κ2) is 6.89. The molecule has 1 amide bonds. The molecular weight excluding hydrogens is 370 g/mol. The normalized spacial score (nSPS) is 11.9. The minimum Gasteiger partial charge on any atom is -0.310 e. The maximum absolute atomic E-state index is 14.1. The molecule has 7 heteroatoms. The zero-order chi connectivity index (χ0) is 17.3. The van der Waals surface area contributed by atoms with Gasteiger partial charge in [0.1, 0.15) is 5.82 Å². The number of amides is 1. The Hall–Kier alpha value is -1.95. The fourth-order valence-electron chi connectivity index (χ4n) is 2.30. The lowest BCUT2D eigenvalue weighted by molar-refractivity contribution is 0.0998. The van der Waals surface area contributed by atoms with Crippen LogP contribution in [0.2, 0.25) is 10.0 Å². The summed E-state index contributed by atoms with van der Waals surface area (Å²) in [5.74, 6) is -0.866. The highest BCUT2D eigenvalue weighted by molar-refractivity contribution is 7.16. The maximum Gasteiger partial charge on any atom is 0.279 e. The van der Waals surface area contributed by atoms with Gasteiger partial charge in [0.15, 0.2) is 4.80 Å². The third kappa shape index (κ3) is 3.29. The number of fused-ring (bicyclic) bond motifs is 1. The van der Waals surface area contributed by atoms with Crippen LogP contribution in [0, 0.1) is 5.82 Å². The summed E-state index contributed by atoms with van der Waals surface area (Å²) in [7, 11) is 0. The number of para-hydroxylation sites is 1. The molecule has 3 nitrogen and oxygen atoms in total. The van der Waals surface area contributed by atoms with E-state index in [1.807, 2.05) is 0 Å². The number of allylic oxidation sites excluding steroid dienone is 1. The van der Waals surface area contributed by atoms with E-state index in [0.29, 0.717) is 31.6 Å². The van der Waals surface area contributed by atoms with Gasteiger partial charge in [-0.2, -0.15) is 4.99 Å². The van der Waals surface area contributed by atoms with Crippen molar-refractivity contribution in [3.8, 4) is 0 Å². The number of nitrogens with zero attached hydrogens (tertiary/aromatic N) is 2. The predicted octanol–water partition coefficient (Wildman–Crippen LogP) is 5.08. The number of rotatable bonds is 3. The molecule has 0 saturated carbocycles. The molecule has 0 N–H and O–H groups in total. The van der Waals surface area contributed by atoms with Gasteiger partial charge in [-0.3, -0.25) is 4.79 Å². The van der Waals surface area contributed by atoms with Crippen LogP contribution in [-0.2, 0) is 6.54 Å². The van der Waals surface area contributed by atoms with Crippen LogP contribution in [0.25, 0.3) is 10.2 Å². The number of carbonyl (C=O) groups excluding carboxylic acids is 1. The fraction of sp³-hybridized carbons (Fsp3) is 0.0588. The highest BCUT2D eigenvalue weighted by atomic mass is 35.5. The number of halogens is 3. The summed E-state index contributed by atoms with van der Waals surface area (Å²) in [6.07, 6.45) is 1.62. The van der Waals surface area contributed by atoms with Crippen LogP contribution in [0.1, 0.15) is 10.4 Å². The lowest BCUT2D eigenvalue weighted by Gasteiger charge is -2.02. The van der Waals surface area contributed by atoms with Gasteiger partial charge in [-0.25, -0.2) is 4.39 Å². The molecule has 0 atom stereocenters. The number of hydrogen-bond donors (Lipinski definition) is 0. The van der Waals surface area contributed by atoms with Crippen molar-refractivity contribution in [2.45, 2.75) is 6.54 Å². The molecule has 24 heavy (non-hydrogen) atoms. The number of benzene rings is 2. The van der Waals surface area contributed by atoms with Crippen LogP contribution >= 0.6 is 34.5 Å². The maximum atomic E-state index is 14.1. The molecule has 1 heterocycles. The highest BCUT2D eigenvalue weighted by Gasteiger charge is 2.12. The summed E-state index contributed by atoms with van der Waals surface area (Å²) in [6, 6.07) is 9.29. The zero-order valence-electron chi connectivity index (χ0n) is 12.3. The number of hydrogen-bond acceptors (Lipinski definition) is 2. The van der Waals surface area contributed by atoms with Crippen LogP contribution in [0.3, 0.4) is 0 Å². The monoisotopic (exact) mass is 380 g/mol. The van der Waals surface area contributed by atoms with E-state index < -0.39 is 5.91 Å². The third-order valence-corrected chi connectivity index (χ3v) is 4.75. The van der Waals surface area contributed by atoms with Crippen molar-refractivity contribution in [3.63, 3.8) is 0 Å². The quantitative estimate of drug-likeness (QED) is 0.583. The molecule has 1 aromatic heterocycles. The molecule has 0 aliphatic heterocycles. The Kier molecular flexibility index (Phi) is 4.85. The van der Waals surface area contributed by atoms with Crippen molar-refractivity contribution in [2.24, 2.45) is 4.99 Å². The van der Waals surface area contributed by atoms with Crippen LogP contribution in [0.15, 0.2) is 54.0 Å². The van der Waals surface area contributed by atoms with Crippen LogP contribution in [0.4, 0.5) is 4.39 Å². The summed E-state index contributed by atoms with van der Waals surface area (Å²) in [5, 5.41) is 0.699. The first-order valence-electron chi connectivity index (χ1n) is 6.93. The van der Waals surface area contributed by atoms with E-state index in [1.165, 1.54) is 35.6 Å². The van der Waals surface area contributed by atoms with E-state index in [-0.39, 0.29) is 11.4 Å². The summed E-state index contributed by atoms with van der Waals surface area (Å²) in [6.45, 7) is 4.01. The van der Waals surface area contributed by atoms with Gasteiger partial charge in [0.25, 0.3) is 5.91 Å². The van der Waals surface area contributed by atoms with E-state index in [4.69, 9.17) is 23.2 Å². The van der Waals surface area contributed by atoms with Crippen LogP contribution in [0.5, 0.6) is 0 Å².